The van der Waals surface area contributed by atoms with Crippen molar-refractivity contribution in [2.75, 3.05) is 18.1 Å². The van der Waals surface area contributed by atoms with Gasteiger partial charge in [0.1, 0.15) is 12.0 Å². The summed E-state index contributed by atoms with van der Waals surface area (Å²) < 4.78 is 5.57. The highest BCUT2D eigenvalue weighted by Gasteiger charge is 2.15. The van der Waals surface area contributed by atoms with Gasteiger partial charge >= 0.3 is 0 Å². The zero-order valence-electron chi connectivity index (χ0n) is 14.4. The first kappa shape index (κ1) is 20.1. The number of guanidine groups is 1. The number of halogens is 1. The van der Waals surface area contributed by atoms with Gasteiger partial charge < -0.3 is 15.1 Å². The lowest BCUT2D eigenvalue weighted by atomic mass is 10.2. The Balaban J connectivity index is 0.00000225. The maximum Gasteiger partial charge on any atom is 0.226 e. The minimum Gasteiger partial charge on any atom is -0.444 e. The highest BCUT2D eigenvalue weighted by molar-refractivity contribution is 14.0. The summed E-state index contributed by atoms with van der Waals surface area (Å²) in [5, 5.41) is 6.84. The van der Waals surface area contributed by atoms with Gasteiger partial charge in [-0.2, -0.15) is 11.8 Å². The van der Waals surface area contributed by atoms with Gasteiger partial charge in [-0.25, -0.2) is 9.98 Å². The van der Waals surface area contributed by atoms with E-state index in [1.54, 1.807) is 6.26 Å². The van der Waals surface area contributed by atoms with E-state index in [9.17, 15) is 0 Å². The van der Waals surface area contributed by atoms with E-state index in [1.165, 1.54) is 18.6 Å². The third-order valence-corrected chi connectivity index (χ3v) is 5.03. The Kier molecular flexibility index (Phi) is 8.60. The van der Waals surface area contributed by atoms with Gasteiger partial charge in [0.15, 0.2) is 5.96 Å². The molecule has 136 valence electrons. The number of benzene rings is 1. The summed E-state index contributed by atoms with van der Waals surface area (Å²) in [6, 6.07) is 10.4. The Labute approximate surface area is 170 Å². The number of nitrogens with one attached hydrogen (secondary N) is 2. The van der Waals surface area contributed by atoms with Gasteiger partial charge in [0.25, 0.3) is 0 Å². The fourth-order valence-electron chi connectivity index (χ4n) is 2.62. The van der Waals surface area contributed by atoms with E-state index in [-0.39, 0.29) is 24.0 Å². The highest BCUT2D eigenvalue weighted by Crippen LogP contribution is 2.18. The molecule has 0 spiro atoms. The number of thioether (sulfide) groups is 1. The number of nitrogens with zero attached hydrogens (tertiary/aromatic N) is 2. The predicted molar refractivity (Wildman–Crippen MR) is 116 cm³/mol. The Morgan fingerprint density at radius 2 is 2.20 bits per heavy atom. The quantitative estimate of drug-likeness (QED) is 0.393. The summed E-state index contributed by atoms with van der Waals surface area (Å²) in [4.78, 5) is 9.17. The van der Waals surface area contributed by atoms with Gasteiger partial charge in [0.05, 0.1) is 6.54 Å². The predicted octanol–water partition coefficient (Wildman–Crippen LogP) is 3.91. The van der Waals surface area contributed by atoms with Crippen LogP contribution in [-0.2, 0) is 6.54 Å². The molecule has 5 nitrogen and oxygen atoms in total. The van der Waals surface area contributed by atoms with Crippen molar-refractivity contribution < 1.29 is 4.42 Å². The molecule has 1 saturated heterocycles. The molecule has 3 rings (SSSR count). The molecule has 0 aliphatic carbocycles. The molecular formula is C18H25IN4OS. The first-order chi connectivity index (χ1) is 11.8. The third kappa shape index (κ3) is 6.22. The standard InChI is InChI=1S/C18H24N4OS.HI/c1-2-19-18(22-15-9-6-10-24-13-15)20-11-16-12-23-17(21-16)14-7-4-3-5-8-14;/h3-5,7-8,12,15H,2,6,9-11,13H2,1H3,(H2,19,20,22);1H. The molecule has 1 aromatic heterocycles. The van der Waals surface area contributed by atoms with Crippen molar-refractivity contribution in [3.05, 3.63) is 42.3 Å². The van der Waals surface area contributed by atoms with Crippen molar-refractivity contribution in [1.82, 2.24) is 15.6 Å². The Hall–Kier alpha value is -1.22. The fourth-order valence-corrected chi connectivity index (χ4v) is 3.69. The van der Waals surface area contributed by atoms with Crippen LogP contribution in [0.3, 0.4) is 0 Å². The summed E-state index contributed by atoms with van der Waals surface area (Å²) in [5.74, 6) is 3.91. The van der Waals surface area contributed by atoms with Gasteiger partial charge in [-0.1, -0.05) is 18.2 Å². The average Bonchev–Trinajstić information content (AvgIpc) is 3.11. The van der Waals surface area contributed by atoms with Crippen LogP contribution in [0.2, 0.25) is 0 Å². The fraction of sp³-hybridized carbons (Fsp3) is 0.444. The van der Waals surface area contributed by atoms with Crippen LogP contribution in [0, 0.1) is 0 Å². The smallest absolute Gasteiger partial charge is 0.226 e. The van der Waals surface area contributed by atoms with Gasteiger partial charge in [-0.3, -0.25) is 0 Å². The molecule has 0 amide bonds. The van der Waals surface area contributed by atoms with Crippen molar-refractivity contribution in [3.8, 4) is 11.5 Å². The molecule has 1 unspecified atom stereocenters. The number of oxazole rings is 1. The van der Waals surface area contributed by atoms with Crippen LogP contribution in [0.4, 0.5) is 0 Å². The van der Waals surface area contributed by atoms with Crippen molar-refractivity contribution in [2.45, 2.75) is 32.4 Å². The second-order valence-electron chi connectivity index (χ2n) is 5.76. The first-order valence-corrected chi connectivity index (χ1v) is 9.63. The van der Waals surface area contributed by atoms with Crippen LogP contribution in [0.25, 0.3) is 11.5 Å². The van der Waals surface area contributed by atoms with Gasteiger partial charge in [-0.15, -0.1) is 24.0 Å². The summed E-state index contributed by atoms with van der Waals surface area (Å²) in [7, 11) is 0. The Morgan fingerprint density at radius 1 is 1.36 bits per heavy atom. The van der Waals surface area contributed by atoms with Crippen LogP contribution < -0.4 is 10.6 Å². The summed E-state index contributed by atoms with van der Waals surface area (Å²) >= 11 is 2.01. The van der Waals surface area contributed by atoms with Crippen molar-refractivity contribution in [2.24, 2.45) is 4.99 Å². The normalized spacial score (nSPS) is 17.6. The van der Waals surface area contributed by atoms with Crippen LogP contribution in [0.15, 0.2) is 46.0 Å². The molecule has 2 aromatic rings. The second-order valence-corrected chi connectivity index (χ2v) is 6.91. The lowest BCUT2D eigenvalue weighted by Gasteiger charge is -2.24. The van der Waals surface area contributed by atoms with Crippen LogP contribution in [0.1, 0.15) is 25.5 Å². The van der Waals surface area contributed by atoms with E-state index in [0.717, 1.165) is 29.5 Å². The zero-order chi connectivity index (χ0) is 16.6. The van der Waals surface area contributed by atoms with Gasteiger partial charge in [0.2, 0.25) is 5.89 Å². The summed E-state index contributed by atoms with van der Waals surface area (Å²) in [5.41, 5.74) is 1.82. The van der Waals surface area contributed by atoms with E-state index in [2.05, 4.69) is 27.5 Å². The topological polar surface area (TPSA) is 62.5 Å². The lowest BCUT2D eigenvalue weighted by Crippen LogP contribution is -2.45. The number of hydrogen-bond donors (Lipinski definition) is 2. The molecule has 2 N–H and O–H groups in total. The minimum absolute atomic E-state index is 0. The molecule has 1 atom stereocenters. The SMILES string of the molecule is CCNC(=NCc1coc(-c2ccccc2)n1)NC1CCCSC1.I. The van der Waals surface area contributed by atoms with Crippen molar-refractivity contribution in [1.29, 1.82) is 0 Å². The molecule has 1 fully saturated rings. The number of rotatable bonds is 5. The molecule has 0 saturated carbocycles. The van der Waals surface area contributed by atoms with E-state index >= 15 is 0 Å². The molecule has 1 aromatic carbocycles. The first-order valence-electron chi connectivity index (χ1n) is 8.47. The van der Waals surface area contributed by atoms with E-state index in [4.69, 9.17) is 4.42 Å². The van der Waals surface area contributed by atoms with E-state index in [0.29, 0.717) is 18.5 Å². The highest BCUT2D eigenvalue weighted by atomic mass is 127. The van der Waals surface area contributed by atoms with E-state index < -0.39 is 0 Å². The largest absolute Gasteiger partial charge is 0.444 e. The molecule has 7 heteroatoms. The zero-order valence-corrected chi connectivity index (χ0v) is 17.6. The molecule has 1 aliphatic rings. The maximum atomic E-state index is 5.57. The van der Waals surface area contributed by atoms with Crippen LogP contribution in [0.5, 0.6) is 0 Å². The average molecular weight is 472 g/mol. The van der Waals surface area contributed by atoms with Gasteiger partial charge in [-0.05, 0) is 37.7 Å². The molecule has 25 heavy (non-hydrogen) atoms. The second kappa shape index (κ2) is 10.7. The molecule has 0 radical (unpaired) electrons. The molecule has 0 bridgehead atoms. The number of aromatic nitrogens is 1. The molecule has 1 aliphatic heterocycles. The Bertz CT molecular complexity index is 656. The molecule has 2 heterocycles. The number of aliphatic imine (C=N–C) groups is 1. The van der Waals surface area contributed by atoms with Crippen LogP contribution in [-0.4, -0.2) is 35.0 Å². The molecular weight excluding hydrogens is 447 g/mol. The third-order valence-electron chi connectivity index (χ3n) is 3.82. The van der Waals surface area contributed by atoms with Gasteiger partial charge in [0, 0.05) is 23.9 Å². The summed E-state index contributed by atoms with van der Waals surface area (Å²) in [6.45, 7) is 3.43. The van der Waals surface area contributed by atoms with E-state index in [1.807, 2.05) is 42.1 Å². The van der Waals surface area contributed by atoms with Crippen LogP contribution >= 0.6 is 35.7 Å². The lowest BCUT2D eigenvalue weighted by molar-refractivity contribution is 0.572. The maximum absolute atomic E-state index is 5.57. The monoisotopic (exact) mass is 472 g/mol. The number of hydrogen-bond acceptors (Lipinski definition) is 4. The summed E-state index contributed by atoms with van der Waals surface area (Å²) in [6.07, 6.45) is 4.16. The Morgan fingerprint density at radius 3 is 2.92 bits per heavy atom. The van der Waals surface area contributed by atoms with Crippen molar-refractivity contribution in [3.63, 3.8) is 0 Å². The minimum atomic E-state index is 0. The van der Waals surface area contributed by atoms with Crippen molar-refractivity contribution >= 4 is 41.7 Å².